The summed E-state index contributed by atoms with van der Waals surface area (Å²) in [5.41, 5.74) is 1.45. The molecule has 0 atom stereocenters. The third-order valence-corrected chi connectivity index (χ3v) is 2.44. The number of aryl methyl sites for hydroxylation is 1. The average Bonchev–Trinajstić information content (AvgIpc) is 2.41. The van der Waals surface area contributed by atoms with Crippen LogP contribution in [-0.2, 0) is 0 Å². The lowest BCUT2D eigenvalue weighted by molar-refractivity contribution is -0.628. The lowest BCUT2D eigenvalue weighted by Crippen LogP contribution is -2.35. The highest BCUT2D eigenvalue weighted by molar-refractivity contribution is 6.01. The molecule has 0 aliphatic carbocycles. The minimum absolute atomic E-state index is 0.201. The first kappa shape index (κ1) is 12.1. The molecule has 1 heterocycles. The fourth-order valence-electron chi connectivity index (χ4n) is 1.41. The van der Waals surface area contributed by atoms with Crippen molar-refractivity contribution in [3.63, 3.8) is 0 Å². The molecule has 0 unspecified atom stereocenters. The Labute approximate surface area is 106 Å². The van der Waals surface area contributed by atoms with Crippen molar-refractivity contribution in [2.24, 2.45) is 0 Å². The number of Topliss-reactive ketones (excluding diaryl/α,β-unsaturated/α-hetero) is 1. The smallest absolute Gasteiger partial charge is 0.212 e. The van der Waals surface area contributed by atoms with Crippen molar-refractivity contribution in [1.29, 1.82) is 0 Å². The van der Waals surface area contributed by atoms with Crippen LogP contribution in [0.15, 0.2) is 42.9 Å². The van der Waals surface area contributed by atoms with Crippen LogP contribution in [0.1, 0.15) is 16.1 Å². The summed E-state index contributed by atoms with van der Waals surface area (Å²) in [7, 11) is 1.59. The van der Waals surface area contributed by atoms with Crippen LogP contribution in [0.5, 0.6) is 5.75 Å². The minimum atomic E-state index is -0.201. The molecule has 0 bridgehead atoms. The molecular weight excluding hydrogens is 228 g/mol. The predicted octanol–water partition coefficient (Wildman–Crippen LogP) is 1.46. The fraction of sp³-hybridized carbons (Fsp3) is 0.143. The third-order valence-electron chi connectivity index (χ3n) is 2.44. The van der Waals surface area contributed by atoms with Crippen molar-refractivity contribution in [2.75, 3.05) is 7.11 Å². The molecule has 1 aromatic heterocycles. The molecule has 0 aliphatic heterocycles. The summed E-state index contributed by atoms with van der Waals surface area (Å²) in [5.74, 6) is 0.518. The number of rotatable bonds is 4. The van der Waals surface area contributed by atoms with Crippen LogP contribution < -0.4 is 9.30 Å². The SMILES string of the molecule is COc1ccc(C(=O)[C-][n+]2ccc(C)nc2)cc1. The number of nitrogens with zero attached hydrogens (tertiary/aromatic N) is 2. The van der Waals surface area contributed by atoms with Gasteiger partial charge < -0.3 is 14.1 Å². The minimum Gasteiger partial charge on any atom is -0.497 e. The maximum absolute atomic E-state index is 11.9. The molecule has 0 amide bonds. The Kier molecular flexibility index (Phi) is 3.57. The molecule has 0 fully saturated rings. The van der Waals surface area contributed by atoms with E-state index in [1.165, 1.54) is 4.57 Å². The highest BCUT2D eigenvalue weighted by Crippen LogP contribution is 2.11. The molecule has 0 aliphatic rings. The van der Waals surface area contributed by atoms with E-state index in [0.29, 0.717) is 5.56 Å². The Morgan fingerprint density at radius 2 is 2.00 bits per heavy atom. The van der Waals surface area contributed by atoms with E-state index in [2.05, 4.69) is 11.5 Å². The highest BCUT2D eigenvalue weighted by atomic mass is 16.5. The van der Waals surface area contributed by atoms with Crippen molar-refractivity contribution < 1.29 is 14.1 Å². The monoisotopic (exact) mass is 241 g/mol. The number of ketones is 1. The van der Waals surface area contributed by atoms with Gasteiger partial charge in [-0.15, -0.1) is 4.98 Å². The van der Waals surface area contributed by atoms with Gasteiger partial charge in [0.15, 0.2) is 0 Å². The molecule has 0 saturated heterocycles. The number of hydrogen-bond acceptors (Lipinski definition) is 3. The third kappa shape index (κ3) is 2.85. The second-order valence-electron chi connectivity index (χ2n) is 3.78. The van der Waals surface area contributed by atoms with Crippen LogP contribution in [0.4, 0.5) is 0 Å². The standard InChI is InChI=1S/C14H13N2O2/c1-11-7-8-16(10-15-11)9-14(17)12-3-5-13(18-2)6-4-12/h3-8,10H,1-2H3. The number of carbonyl (C=O) groups excluding carboxylic acids is 1. The number of methoxy groups -OCH3 is 1. The molecule has 1 radical (unpaired) electrons. The van der Waals surface area contributed by atoms with Gasteiger partial charge in [-0.3, -0.25) is 0 Å². The fourth-order valence-corrected chi connectivity index (χ4v) is 1.41. The Hall–Kier alpha value is -2.36. The first-order chi connectivity index (χ1) is 8.69. The highest BCUT2D eigenvalue weighted by Gasteiger charge is 2.04. The zero-order chi connectivity index (χ0) is 13.0. The first-order valence-electron chi connectivity index (χ1n) is 5.48. The quantitative estimate of drug-likeness (QED) is 0.462. The van der Waals surface area contributed by atoms with E-state index in [0.717, 1.165) is 11.4 Å². The van der Waals surface area contributed by atoms with Gasteiger partial charge in [-0.1, -0.05) is 12.1 Å². The van der Waals surface area contributed by atoms with E-state index in [1.54, 1.807) is 43.9 Å². The molecule has 0 N–H and O–H groups in total. The summed E-state index contributed by atoms with van der Waals surface area (Å²) in [6.45, 7) is 4.58. The molecule has 2 aromatic rings. The Morgan fingerprint density at radius 1 is 1.28 bits per heavy atom. The molecule has 2 rings (SSSR count). The van der Waals surface area contributed by atoms with E-state index in [-0.39, 0.29) is 5.78 Å². The summed E-state index contributed by atoms with van der Waals surface area (Å²) >= 11 is 0. The van der Waals surface area contributed by atoms with Gasteiger partial charge in [0.05, 0.1) is 13.7 Å². The second kappa shape index (κ2) is 5.31. The van der Waals surface area contributed by atoms with E-state index in [9.17, 15) is 4.79 Å². The molecule has 18 heavy (non-hydrogen) atoms. The maximum Gasteiger partial charge on any atom is 0.212 e. The van der Waals surface area contributed by atoms with Crippen LogP contribution in [0.3, 0.4) is 0 Å². The number of ether oxygens (including phenoxy) is 1. The van der Waals surface area contributed by atoms with Gasteiger partial charge in [-0.2, -0.15) is 0 Å². The van der Waals surface area contributed by atoms with E-state index in [1.807, 2.05) is 13.0 Å². The van der Waals surface area contributed by atoms with Gasteiger partial charge in [0, 0.05) is 13.1 Å². The molecule has 4 nitrogen and oxygen atoms in total. The number of aromatic nitrogens is 2. The summed E-state index contributed by atoms with van der Waals surface area (Å²) in [6, 6.07) is 8.71. The van der Waals surface area contributed by atoms with Crippen LogP contribution >= 0.6 is 0 Å². The first-order valence-corrected chi connectivity index (χ1v) is 5.48. The van der Waals surface area contributed by atoms with Crippen molar-refractivity contribution in [1.82, 2.24) is 4.98 Å². The van der Waals surface area contributed by atoms with Crippen LogP contribution in [0, 0.1) is 13.5 Å². The van der Waals surface area contributed by atoms with Crippen LogP contribution in [0.25, 0.3) is 0 Å². The van der Waals surface area contributed by atoms with Gasteiger partial charge in [0.2, 0.25) is 6.33 Å². The second-order valence-corrected chi connectivity index (χ2v) is 3.78. The normalized spacial score (nSPS) is 9.89. The Morgan fingerprint density at radius 3 is 2.56 bits per heavy atom. The molecule has 91 valence electrons. The summed E-state index contributed by atoms with van der Waals surface area (Å²) in [5, 5.41) is 0. The topological polar surface area (TPSA) is 43.1 Å². The van der Waals surface area contributed by atoms with Crippen molar-refractivity contribution >= 4 is 5.78 Å². The summed E-state index contributed by atoms with van der Waals surface area (Å²) in [6.07, 6.45) is 3.29. The molecule has 1 aromatic carbocycles. The zero-order valence-corrected chi connectivity index (χ0v) is 10.3. The number of carbonyl (C=O) groups is 1. The Balaban J connectivity index is 2.09. The maximum atomic E-state index is 11.9. The average molecular weight is 241 g/mol. The molecule has 0 spiro atoms. The van der Waals surface area contributed by atoms with Gasteiger partial charge in [0.1, 0.15) is 17.2 Å². The number of benzene rings is 1. The van der Waals surface area contributed by atoms with Crippen molar-refractivity contribution in [3.8, 4) is 5.75 Å². The lowest BCUT2D eigenvalue weighted by Gasteiger charge is -2.06. The van der Waals surface area contributed by atoms with Gasteiger partial charge in [0.25, 0.3) is 0 Å². The molecule has 0 saturated carbocycles. The van der Waals surface area contributed by atoms with Gasteiger partial charge in [-0.05, 0) is 23.8 Å². The largest absolute Gasteiger partial charge is 0.497 e. The molecule has 4 heteroatoms. The lowest BCUT2D eigenvalue weighted by atomic mass is 10.1. The van der Waals surface area contributed by atoms with Crippen molar-refractivity contribution in [2.45, 2.75) is 6.92 Å². The summed E-state index contributed by atoms with van der Waals surface area (Å²) < 4.78 is 6.55. The number of hydrogen-bond donors (Lipinski definition) is 0. The van der Waals surface area contributed by atoms with E-state index < -0.39 is 0 Å². The molecular formula is C14H13N2O2. The van der Waals surface area contributed by atoms with E-state index >= 15 is 0 Å². The van der Waals surface area contributed by atoms with Crippen LogP contribution in [0.2, 0.25) is 0 Å². The Bertz CT molecular complexity index is 533. The zero-order valence-electron chi connectivity index (χ0n) is 10.3. The van der Waals surface area contributed by atoms with Crippen molar-refractivity contribution in [3.05, 3.63) is 60.7 Å². The van der Waals surface area contributed by atoms with Gasteiger partial charge in [-0.25, -0.2) is 0 Å². The van der Waals surface area contributed by atoms with E-state index in [4.69, 9.17) is 4.74 Å². The predicted molar refractivity (Wildman–Crippen MR) is 65.1 cm³/mol. The van der Waals surface area contributed by atoms with Crippen LogP contribution in [-0.4, -0.2) is 17.9 Å². The van der Waals surface area contributed by atoms with Gasteiger partial charge >= 0.3 is 0 Å². The summed E-state index contributed by atoms with van der Waals surface area (Å²) in [4.78, 5) is 16.0.